The molecule has 2 aromatic carbocycles. The first kappa shape index (κ1) is 18.5. The molecule has 0 aliphatic heterocycles. The smallest absolute Gasteiger partial charge is 0.255 e. The van der Waals surface area contributed by atoms with E-state index < -0.39 is 20.0 Å². The van der Waals surface area contributed by atoms with E-state index >= 15 is 0 Å². The molecule has 0 unspecified atom stereocenters. The largest absolute Gasteiger partial charge is 0.279 e. The molecule has 0 heterocycles. The van der Waals surface area contributed by atoms with Crippen molar-refractivity contribution in [1.82, 2.24) is 0 Å². The summed E-state index contributed by atoms with van der Waals surface area (Å²) >= 11 is 5.80. The molecule has 9 heteroatoms. The molecule has 0 radical (unpaired) electrons. The Kier molecular flexibility index (Phi) is 5.34. The predicted octanol–water partition coefficient (Wildman–Crippen LogP) is 2.79. The first-order valence-corrected chi connectivity index (χ1v) is 10.1. The Morgan fingerprint density at radius 3 is 2.21 bits per heavy atom. The van der Waals surface area contributed by atoms with Gasteiger partial charge in [0.25, 0.3) is 10.0 Å². The third-order valence-electron chi connectivity index (χ3n) is 3.08. The maximum absolute atomic E-state index is 12.3. The summed E-state index contributed by atoms with van der Waals surface area (Å²) in [5, 5.41) is 6.64. The van der Waals surface area contributed by atoms with Crippen LogP contribution in [-0.4, -0.2) is 16.8 Å². The maximum Gasteiger partial charge on any atom is 0.255 e. The Balaban J connectivity index is 2.36. The number of hydrogen-bond acceptors (Lipinski definition) is 4. The Labute approximate surface area is 146 Å². The van der Waals surface area contributed by atoms with E-state index in [4.69, 9.17) is 16.7 Å². The van der Waals surface area contributed by atoms with Gasteiger partial charge in [-0.05, 0) is 42.3 Å². The minimum absolute atomic E-state index is 0.111. The Hall–Kier alpha value is -1.87. The number of anilines is 1. The summed E-state index contributed by atoms with van der Waals surface area (Å²) in [6.45, 7) is 1.62. The van der Waals surface area contributed by atoms with Crippen LogP contribution in [0.2, 0.25) is 5.02 Å². The van der Waals surface area contributed by atoms with Crippen molar-refractivity contribution in [2.75, 3.05) is 4.72 Å². The van der Waals surface area contributed by atoms with E-state index in [0.717, 1.165) is 5.41 Å². The van der Waals surface area contributed by atoms with Crippen LogP contribution >= 0.6 is 11.6 Å². The van der Waals surface area contributed by atoms with E-state index in [-0.39, 0.29) is 10.6 Å². The number of primary sulfonamides is 1. The fourth-order valence-corrected chi connectivity index (χ4v) is 4.02. The number of rotatable bonds is 5. The molecule has 2 aromatic rings. The lowest BCUT2D eigenvalue weighted by Gasteiger charge is -2.10. The van der Waals surface area contributed by atoms with Gasteiger partial charge in [0, 0.05) is 5.02 Å². The number of benzene rings is 2. The highest BCUT2D eigenvalue weighted by atomic mass is 35.5. The molecule has 0 amide bonds. The van der Waals surface area contributed by atoms with Crippen molar-refractivity contribution in [2.24, 2.45) is 5.14 Å². The molecule has 2 rings (SSSR count). The van der Waals surface area contributed by atoms with E-state index in [9.17, 15) is 16.8 Å². The van der Waals surface area contributed by atoms with Crippen molar-refractivity contribution in [3.8, 4) is 0 Å². The van der Waals surface area contributed by atoms with Gasteiger partial charge in [0.05, 0.1) is 11.1 Å². The van der Waals surface area contributed by atoms with Gasteiger partial charge in [-0.15, -0.1) is 0 Å². The van der Waals surface area contributed by atoms with E-state index in [2.05, 4.69) is 4.72 Å². The van der Waals surface area contributed by atoms with Gasteiger partial charge in [-0.25, -0.2) is 22.0 Å². The zero-order chi connectivity index (χ0) is 18.0. The Morgan fingerprint density at radius 1 is 1.04 bits per heavy atom. The predicted molar refractivity (Wildman–Crippen MR) is 95.5 cm³/mol. The second kappa shape index (κ2) is 6.94. The number of allylic oxidation sites excluding steroid dienone is 1. The molecular formula is C15H15ClN2O4S2. The highest BCUT2D eigenvalue weighted by Gasteiger charge is 2.17. The van der Waals surface area contributed by atoms with Crippen molar-refractivity contribution in [3.05, 3.63) is 64.5 Å². The van der Waals surface area contributed by atoms with Crippen LogP contribution < -0.4 is 9.86 Å². The van der Waals surface area contributed by atoms with E-state index in [1.807, 2.05) is 0 Å². The highest BCUT2D eigenvalue weighted by Crippen LogP contribution is 2.23. The molecule has 3 N–H and O–H groups in total. The molecule has 0 aliphatic rings. The van der Waals surface area contributed by atoms with Crippen LogP contribution in [0, 0.1) is 0 Å². The summed E-state index contributed by atoms with van der Waals surface area (Å²) in [5.41, 5.74) is 1.02. The zero-order valence-corrected chi connectivity index (χ0v) is 15.0. The van der Waals surface area contributed by atoms with Crippen LogP contribution in [-0.2, 0) is 20.0 Å². The average Bonchev–Trinajstić information content (AvgIpc) is 2.46. The van der Waals surface area contributed by atoms with Gasteiger partial charge < -0.3 is 0 Å². The molecule has 0 saturated carbocycles. The maximum atomic E-state index is 12.3. The van der Waals surface area contributed by atoms with Crippen LogP contribution in [0.25, 0.3) is 5.57 Å². The van der Waals surface area contributed by atoms with Crippen LogP contribution in [0.3, 0.4) is 0 Å². The van der Waals surface area contributed by atoms with Crippen molar-refractivity contribution in [3.63, 3.8) is 0 Å². The first-order chi connectivity index (χ1) is 11.1. The topological polar surface area (TPSA) is 106 Å². The van der Waals surface area contributed by atoms with Gasteiger partial charge in [-0.3, -0.25) is 4.72 Å². The minimum atomic E-state index is -4.05. The summed E-state index contributed by atoms with van der Waals surface area (Å²) < 4.78 is 49.8. The molecular weight excluding hydrogens is 372 g/mol. The lowest BCUT2D eigenvalue weighted by Crippen LogP contribution is -2.17. The highest BCUT2D eigenvalue weighted by molar-refractivity contribution is 7.95. The third-order valence-corrected chi connectivity index (χ3v) is 5.47. The number of sulfonamides is 2. The molecule has 0 atom stereocenters. The molecule has 0 spiro atoms. The number of halogens is 1. The van der Waals surface area contributed by atoms with Crippen LogP contribution in [0.5, 0.6) is 0 Å². The number of nitrogens with two attached hydrogens (primary N) is 1. The SMILES string of the molecule is C/C(=C/S(=O)(=O)Nc1ccccc1S(N)(=O)=O)c1ccc(Cl)cc1. The molecule has 0 aromatic heterocycles. The summed E-state index contributed by atoms with van der Waals surface area (Å²) in [6.07, 6.45) is 0. The van der Waals surface area contributed by atoms with Crippen LogP contribution in [0.1, 0.15) is 12.5 Å². The Bertz CT molecular complexity index is 982. The molecule has 6 nitrogen and oxygen atoms in total. The van der Waals surface area contributed by atoms with Crippen LogP contribution in [0.4, 0.5) is 5.69 Å². The van der Waals surface area contributed by atoms with Crippen molar-refractivity contribution < 1.29 is 16.8 Å². The molecule has 0 fully saturated rings. The first-order valence-electron chi connectivity index (χ1n) is 6.67. The summed E-state index contributed by atoms with van der Waals surface area (Å²) in [5.74, 6) is 0. The van der Waals surface area contributed by atoms with Gasteiger partial charge in [-0.2, -0.15) is 0 Å². The van der Waals surface area contributed by atoms with Crippen molar-refractivity contribution in [2.45, 2.75) is 11.8 Å². The molecule has 128 valence electrons. The summed E-state index contributed by atoms with van der Waals surface area (Å²) in [6, 6.07) is 12.2. The number of hydrogen-bond donors (Lipinski definition) is 2. The zero-order valence-electron chi connectivity index (χ0n) is 12.6. The fraction of sp³-hybridized carbons (Fsp3) is 0.0667. The van der Waals surface area contributed by atoms with Crippen molar-refractivity contribution >= 4 is 42.9 Å². The number of nitrogens with one attached hydrogen (secondary N) is 1. The Morgan fingerprint density at radius 2 is 1.62 bits per heavy atom. The fourth-order valence-electron chi connectivity index (χ4n) is 2.00. The average molecular weight is 387 g/mol. The normalized spacial score (nSPS) is 12.9. The van der Waals surface area contributed by atoms with Crippen LogP contribution in [0.15, 0.2) is 58.8 Å². The second-order valence-corrected chi connectivity index (χ2v) is 8.49. The minimum Gasteiger partial charge on any atom is -0.279 e. The van der Waals surface area contributed by atoms with Gasteiger partial charge >= 0.3 is 0 Å². The van der Waals surface area contributed by atoms with E-state index in [1.54, 1.807) is 31.2 Å². The van der Waals surface area contributed by atoms with Gasteiger partial charge in [0.1, 0.15) is 4.90 Å². The quantitative estimate of drug-likeness (QED) is 0.823. The van der Waals surface area contributed by atoms with E-state index in [0.29, 0.717) is 16.2 Å². The van der Waals surface area contributed by atoms with Gasteiger partial charge in [0.15, 0.2) is 0 Å². The molecule has 0 aliphatic carbocycles. The standard InChI is InChI=1S/C15H15ClN2O4S2/c1-11(12-6-8-13(16)9-7-12)10-23(19,20)18-14-4-2-3-5-15(14)24(17,21)22/h2-10,18H,1H3,(H2,17,21,22)/b11-10-. The summed E-state index contributed by atoms with van der Waals surface area (Å²) in [7, 11) is -7.99. The van der Waals surface area contributed by atoms with Gasteiger partial charge in [0.2, 0.25) is 10.0 Å². The van der Waals surface area contributed by atoms with E-state index in [1.165, 1.54) is 24.3 Å². The lowest BCUT2D eigenvalue weighted by atomic mass is 10.1. The molecule has 0 saturated heterocycles. The molecule has 0 bridgehead atoms. The summed E-state index contributed by atoms with van der Waals surface area (Å²) in [4.78, 5) is -0.300. The van der Waals surface area contributed by atoms with Crippen molar-refractivity contribution in [1.29, 1.82) is 0 Å². The number of para-hydroxylation sites is 1. The van der Waals surface area contributed by atoms with Gasteiger partial charge in [-0.1, -0.05) is 35.9 Å². The lowest BCUT2D eigenvalue weighted by molar-refractivity contribution is 0.598. The second-order valence-electron chi connectivity index (χ2n) is 5.00. The monoisotopic (exact) mass is 386 g/mol. The molecule has 24 heavy (non-hydrogen) atoms. The third kappa shape index (κ3) is 4.81.